The van der Waals surface area contributed by atoms with Gasteiger partial charge in [0, 0.05) is 12.5 Å². The molecule has 108 valence electrons. The number of aromatic nitrogens is 2. The maximum atomic E-state index is 10.5. The average molecular weight is 291 g/mol. The number of anilines is 1. The minimum absolute atomic E-state index is 0.399. The summed E-state index contributed by atoms with van der Waals surface area (Å²) in [5.74, 6) is 0.399. The van der Waals surface area contributed by atoms with Gasteiger partial charge in [-0.3, -0.25) is 0 Å². The molecule has 0 aliphatic heterocycles. The molecule has 0 aliphatic carbocycles. The monoisotopic (exact) mass is 291 g/mol. The molecule has 20 heavy (non-hydrogen) atoms. The SMILES string of the molecule is CC(C)c1nnc(NCCC(C)(O)c2ccccc2)s1. The summed E-state index contributed by atoms with van der Waals surface area (Å²) in [7, 11) is 0. The van der Waals surface area contributed by atoms with Crippen LogP contribution in [0.1, 0.15) is 43.7 Å². The first-order chi connectivity index (χ1) is 9.49. The normalized spacial score (nSPS) is 14.2. The molecule has 1 unspecified atom stereocenters. The lowest BCUT2D eigenvalue weighted by Gasteiger charge is -2.23. The molecule has 2 rings (SSSR count). The number of hydrogen-bond acceptors (Lipinski definition) is 5. The third kappa shape index (κ3) is 3.77. The molecule has 0 saturated carbocycles. The second-order valence-electron chi connectivity index (χ2n) is 5.42. The minimum Gasteiger partial charge on any atom is -0.385 e. The van der Waals surface area contributed by atoms with Gasteiger partial charge in [-0.05, 0) is 18.9 Å². The van der Waals surface area contributed by atoms with Crippen molar-refractivity contribution in [2.24, 2.45) is 0 Å². The summed E-state index contributed by atoms with van der Waals surface area (Å²) in [5.41, 5.74) is 0.0988. The molecule has 0 fully saturated rings. The van der Waals surface area contributed by atoms with Crippen molar-refractivity contribution in [1.29, 1.82) is 0 Å². The van der Waals surface area contributed by atoms with Crippen LogP contribution in [-0.2, 0) is 5.60 Å². The second-order valence-corrected chi connectivity index (χ2v) is 6.43. The summed E-state index contributed by atoms with van der Waals surface area (Å²) in [6.07, 6.45) is 0.619. The highest BCUT2D eigenvalue weighted by molar-refractivity contribution is 7.15. The van der Waals surface area contributed by atoms with E-state index in [0.717, 1.165) is 15.7 Å². The number of nitrogens with zero attached hydrogens (tertiary/aromatic N) is 2. The fraction of sp³-hybridized carbons (Fsp3) is 0.467. The van der Waals surface area contributed by atoms with Gasteiger partial charge in [0.1, 0.15) is 5.01 Å². The molecule has 0 bridgehead atoms. The highest BCUT2D eigenvalue weighted by Gasteiger charge is 2.22. The van der Waals surface area contributed by atoms with Crippen molar-refractivity contribution in [3.63, 3.8) is 0 Å². The zero-order valence-corrected chi connectivity index (χ0v) is 12.9. The lowest BCUT2D eigenvalue weighted by molar-refractivity contribution is 0.0515. The summed E-state index contributed by atoms with van der Waals surface area (Å²) >= 11 is 1.57. The molecule has 4 nitrogen and oxygen atoms in total. The van der Waals surface area contributed by atoms with Crippen molar-refractivity contribution in [3.05, 3.63) is 40.9 Å². The largest absolute Gasteiger partial charge is 0.385 e. The van der Waals surface area contributed by atoms with Crippen LogP contribution in [-0.4, -0.2) is 21.8 Å². The topological polar surface area (TPSA) is 58.0 Å². The van der Waals surface area contributed by atoms with Gasteiger partial charge >= 0.3 is 0 Å². The van der Waals surface area contributed by atoms with Crippen molar-refractivity contribution in [1.82, 2.24) is 10.2 Å². The molecule has 0 radical (unpaired) electrons. The fourth-order valence-corrected chi connectivity index (χ4v) is 2.67. The summed E-state index contributed by atoms with van der Waals surface area (Å²) < 4.78 is 0. The Morgan fingerprint density at radius 3 is 2.55 bits per heavy atom. The lowest BCUT2D eigenvalue weighted by Crippen LogP contribution is -2.24. The van der Waals surface area contributed by atoms with Crippen LogP contribution >= 0.6 is 11.3 Å². The van der Waals surface area contributed by atoms with E-state index in [1.54, 1.807) is 11.3 Å². The van der Waals surface area contributed by atoms with Crippen molar-refractivity contribution >= 4 is 16.5 Å². The summed E-state index contributed by atoms with van der Waals surface area (Å²) in [6.45, 7) is 6.70. The first-order valence-electron chi connectivity index (χ1n) is 6.84. The van der Waals surface area contributed by atoms with Gasteiger partial charge in [-0.25, -0.2) is 0 Å². The predicted octanol–water partition coefficient (Wildman–Crippen LogP) is 3.37. The molecule has 0 aliphatic rings. The zero-order valence-electron chi connectivity index (χ0n) is 12.1. The third-order valence-corrected chi connectivity index (χ3v) is 4.40. The molecule has 2 N–H and O–H groups in total. The van der Waals surface area contributed by atoms with Crippen LogP contribution in [0.3, 0.4) is 0 Å². The van der Waals surface area contributed by atoms with E-state index in [0.29, 0.717) is 18.9 Å². The third-order valence-electron chi connectivity index (χ3n) is 3.22. The van der Waals surface area contributed by atoms with Crippen molar-refractivity contribution in [2.45, 2.75) is 38.7 Å². The molecule has 1 aromatic carbocycles. The van der Waals surface area contributed by atoms with Crippen LogP contribution in [0.2, 0.25) is 0 Å². The summed E-state index contributed by atoms with van der Waals surface area (Å²) in [5, 5.41) is 23.8. The van der Waals surface area contributed by atoms with E-state index in [1.807, 2.05) is 37.3 Å². The Labute approximate surface area is 123 Å². The van der Waals surface area contributed by atoms with E-state index >= 15 is 0 Å². The number of hydrogen-bond donors (Lipinski definition) is 2. The molecule has 1 aromatic heterocycles. The highest BCUT2D eigenvalue weighted by atomic mass is 32.1. The van der Waals surface area contributed by atoms with Gasteiger partial charge in [-0.15, -0.1) is 10.2 Å². The standard InChI is InChI=1S/C15H21N3OS/c1-11(2)13-17-18-14(20-13)16-10-9-15(3,19)12-7-5-4-6-8-12/h4-8,11,19H,9-10H2,1-3H3,(H,16,18). The molecule has 1 heterocycles. The maximum absolute atomic E-state index is 10.5. The Balaban J connectivity index is 1.88. The van der Waals surface area contributed by atoms with Crippen LogP contribution in [0.25, 0.3) is 0 Å². The highest BCUT2D eigenvalue weighted by Crippen LogP contribution is 2.25. The quantitative estimate of drug-likeness (QED) is 0.856. The van der Waals surface area contributed by atoms with Crippen LogP contribution in [0, 0.1) is 0 Å². The first kappa shape index (κ1) is 14.9. The number of nitrogens with one attached hydrogen (secondary N) is 1. The van der Waals surface area contributed by atoms with Gasteiger partial charge in [0.15, 0.2) is 0 Å². The van der Waals surface area contributed by atoms with E-state index < -0.39 is 5.60 Å². The summed E-state index contributed by atoms with van der Waals surface area (Å²) in [4.78, 5) is 0. The predicted molar refractivity (Wildman–Crippen MR) is 83.1 cm³/mol. The molecular weight excluding hydrogens is 270 g/mol. The van der Waals surface area contributed by atoms with Crippen LogP contribution < -0.4 is 5.32 Å². The van der Waals surface area contributed by atoms with Gasteiger partial charge in [0.25, 0.3) is 0 Å². The van der Waals surface area contributed by atoms with E-state index in [4.69, 9.17) is 0 Å². The molecule has 5 heteroatoms. The Hall–Kier alpha value is -1.46. The molecule has 0 spiro atoms. The van der Waals surface area contributed by atoms with E-state index in [-0.39, 0.29) is 0 Å². The molecular formula is C15H21N3OS. The molecule has 0 amide bonds. The first-order valence-corrected chi connectivity index (χ1v) is 7.66. The Kier molecular flexibility index (Phi) is 4.73. The van der Waals surface area contributed by atoms with Crippen LogP contribution in [0.15, 0.2) is 30.3 Å². The van der Waals surface area contributed by atoms with E-state index in [9.17, 15) is 5.11 Å². The summed E-state index contributed by atoms with van der Waals surface area (Å²) in [6, 6.07) is 9.73. The van der Waals surface area contributed by atoms with Crippen molar-refractivity contribution in [3.8, 4) is 0 Å². The number of benzene rings is 1. The Bertz CT molecular complexity index is 537. The number of rotatable bonds is 6. The van der Waals surface area contributed by atoms with Gasteiger partial charge in [-0.1, -0.05) is 55.5 Å². The molecule has 0 saturated heterocycles. The number of aliphatic hydroxyl groups is 1. The fourth-order valence-electron chi connectivity index (χ4n) is 1.89. The lowest BCUT2D eigenvalue weighted by atomic mass is 9.93. The Morgan fingerprint density at radius 2 is 1.95 bits per heavy atom. The zero-order chi connectivity index (χ0) is 14.6. The molecule has 1 atom stereocenters. The second kappa shape index (κ2) is 6.33. The van der Waals surface area contributed by atoms with Crippen LogP contribution in [0.5, 0.6) is 0 Å². The van der Waals surface area contributed by atoms with E-state index in [2.05, 4.69) is 29.4 Å². The van der Waals surface area contributed by atoms with Crippen molar-refractivity contribution in [2.75, 3.05) is 11.9 Å². The van der Waals surface area contributed by atoms with E-state index in [1.165, 1.54) is 0 Å². The van der Waals surface area contributed by atoms with Gasteiger partial charge in [0.05, 0.1) is 5.60 Å². The van der Waals surface area contributed by atoms with Gasteiger partial charge < -0.3 is 10.4 Å². The smallest absolute Gasteiger partial charge is 0.205 e. The Morgan fingerprint density at radius 1 is 1.25 bits per heavy atom. The molecule has 2 aromatic rings. The van der Waals surface area contributed by atoms with Crippen LogP contribution in [0.4, 0.5) is 5.13 Å². The van der Waals surface area contributed by atoms with Gasteiger partial charge in [0.2, 0.25) is 5.13 Å². The van der Waals surface area contributed by atoms with Crippen molar-refractivity contribution < 1.29 is 5.11 Å². The average Bonchev–Trinajstić information content (AvgIpc) is 2.89. The maximum Gasteiger partial charge on any atom is 0.205 e. The van der Waals surface area contributed by atoms with Gasteiger partial charge in [-0.2, -0.15) is 0 Å². The minimum atomic E-state index is -0.834.